The molecule has 0 radical (unpaired) electrons. The summed E-state index contributed by atoms with van der Waals surface area (Å²) >= 11 is 0. The Labute approximate surface area is 127 Å². The number of rotatable bonds is 4. The van der Waals surface area contributed by atoms with E-state index in [2.05, 4.69) is 28.9 Å². The van der Waals surface area contributed by atoms with Crippen molar-refractivity contribution in [3.05, 3.63) is 30.1 Å². The Morgan fingerprint density at radius 3 is 2.86 bits per heavy atom. The topological polar surface area (TPSA) is 51.4 Å². The van der Waals surface area contributed by atoms with Gasteiger partial charge in [0.2, 0.25) is 0 Å². The summed E-state index contributed by atoms with van der Waals surface area (Å²) in [6.07, 6.45) is 10.2. The van der Waals surface area contributed by atoms with Crippen molar-refractivity contribution < 1.29 is 4.74 Å². The molecule has 4 unspecified atom stereocenters. The van der Waals surface area contributed by atoms with Crippen LogP contribution in [-0.4, -0.2) is 41.2 Å². The highest BCUT2D eigenvalue weighted by atomic mass is 16.5. The van der Waals surface area contributed by atoms with E-state index in [-0.39, 0.29) is 12.1 Å². The molecular weight excluding hydrogens is 262 g/mol. The Morgan fingerprint density at radius 2 is 2.10 bits per heavy atom. The van der Waals surface area contributed by atoms with Gasteiger partial charge < -0.3 is 10.5 Å². The largest absolute Gasteiger partial charge is 0.375 e. The van der Waals surface area contributed by atoms with E-state index in [4.69, 9.17) is 10.5 Å². The van der Waals surface area contributed by atoms with E-state index in [0.717, 1.165) is 19.6 Å². The van der Waals surface area contributed by atoms with Gasteiger partial charge in [-0.2, -0.15) is 0 Å². The van der Waals surface area contributed by atoms with Gasteiger partial charge in [-0.1, -0.05) is 19.8 Å². The Kier molecular flexibility index (Phi) is 4.88. The zero-order valence-corrected chi connectivity index (χ0v) is 12.9. The minimum Gasteiger partial charge on any atom is -0.375 e. The predicted molar refractivity (Wildman–Crippen MR) is 83.9 cm³/mol. The van der Waals surface area contributed by atoms with Crippen molar-refractivity contribution in [1.29, 1.82) is 0 Å². The highest BCUT2D eigenvalue weighted by Gasteiger charge is 2.39. The van der Waals surface area contributed by atoms with Gasteiger partial charge in [-0.15, -0.1) is 0 Å². The maximum Gasteiger partial charge on any atom is 0.0731 e. The molecule has 116 valence electrons. The second-order valence-electron chi connectivity index (χ2n) is 6.30. The van der Waals surface area contributed by atoms with Gasteiger partial charge in [-0.25, -0.2) is 0 Å². The van der Waals surface area contributed by atoms with E-state index >= 15 is 0 Å². The molecule has 1 aromatic rings. The lowest BCUT2D eigenvalue weighted by Crippen LogP contribution is -2.56. The fourth-order valence-corrected chi connectivity index (χ4v) is 3.94. The van der Waals surface area contributed by atoms with Crippen molar-refractivity contribution in [2.24, 2.45) is 5.73 Å². The van der Waals surface area contributed by atoms with Crippen LogP contribution in [0.1, 0.15) is 50.6 Å². The molecule has 2 fully saturated rings. The van der Waals surface area contributed by atoms with E-state index in [1.807, 2.05) is 12.4 Å². The Balaban J connectivity index is 1.88. The first-order valence-electron chi connectivity index (χ1n) is 8.34. The molecule has 4 atom stereocenters. The standard InChI is InChI=1S/C17H27N3O/c1-2-14(18)17(13-7-9-19-10-8-13)20-11-12-21-16-6-4-3-5-15(16)20/h7-10,14-17H,2-6,11-12,18H2,1H3. The van der Waals surface area contributed by atoms with Gasteiger partial charge in [-0.3, -0.25) is 9.88 Å². The third-order valence-electron chi connectivity index (χ3n) is 5.06. The minimum atomic E-state index is 0.160. The van der Waals surface area contributed by atoms with Crippen LogP contribution in [-0.2, 0) is 4.74 Å². The van der Waals surface area contributed by atoms with Crippen LogP contribution in [0.5, 0.6) is 0 Å². The number of hydrogen-bond donors (Lipinski definition) is 1. The van der Waals surface area contributed by atoms with Crippen molar-refractivity contribution >= 4 is 0 Å². The van der Waals surface area contributed by atoms with Gasteiger partial charge in [0.25, 0.3) is 0 Å². The molecule has 21 heavy (non-hydrogen) atoms. The number of pyridine rings is 1. The van der Waals surface area contributed by atoms with Crippen molar-refractivity contribution in [2.45, 2.75) is 63.3 Å². The van der Waals surface area contributed by atoms with Gasteiger partial charge in [0.15, 0.2) is 0 Å². The van der Waals surface area contributed by atoms with Crippen molar-refractivity contribution in [1.82, 2.24) is 9.88 Å². The smallest absolute Gasteiger partial charge is 0.0731 e. The predicted octanol–water partition coefficient (Wildman–Crippen LogP) is 2.50. The van der Waals surface area contributed by atoms with E-state index in [9.17, 15) is 0 Å². The number of morpholine rings is 1. The van der Waals surface area contributed by atoms with E-state index in [1.54, 1.807) is 0 Å². The summed E-state index contributed by atoms with van der Waals surface area (Å²) in [5.41, 5.74) is 7.80. The summed E-state index contributed by atoms with van der Waals surface area (Å²) in [5.74, 6) is 0. The van der Waals surface area contributed by atoms with Crippen molar-refractivity contribution in [2.75, 3.05) is 13.2 Å². The zero-order valence-electron chi connectivity index (χ0n) is 12.9. The summed E-state index contributed by atoms with van der Waals surface area (Å²) in [6, 6.07) is 5.21. The molecule has 1 aliphatic heterocycles. The number of nitrogens with two attached hydrogens (primary N) is 1. The first-order chi connectivity index (χ1) is 10.3. The summed E-state index contributed by atoms with van der Waals surface area (Å²) in [7, 11) is 0. The minimum absolute atomic E-state index is 0.160. The molecule has 2 aliphatic rings. The fraction of sp³-hybridized carbons (Fsp3) is 0.706. The lowest BCUT2D eigenvalue weighted by molar-refractivity contribution is -0.106. The number of hydrogen-bond acceptors (Lipinski definition) is 4. The fourth-order valence-electron chi connectivity index (χ4n) is 3.94. The molecule has 0 amide bonds. The molecule has 4 heteroatoms. The van der Waals surface area contributed by atoms with Gasteiger partial charge in [-0.05, 0) is 37.0 Å². The summed E-state index contributed by atoms with van der Waals surface area (Å²) in [5, 5.41) is 0. The second-order valence-corrected chi connectivity index (χ2v) is 6.30. The van der Waals surface area contributed by atoms with Crippen LogP contribution in [0.4, 0.5) is 0 Å². The Hall–Kier alpha value is -0.970. The van der Waals surface area contributed by atoms with Crippen LogP contribution >= 0.6 is 0 Å². The van der Waals surface area contributed by atoms with Gasteiger partial charge in [0.1, 0.15) is 0 Å². The molecule has 1 saturated heterocycles. The number of nitrogens with zero attached hydrogens (tertiary/aromatic N) is 2. The van der Waals surface area contributed by atoms with Crippen LogP contribution in [0.2, 0.25) is 0 Å². The molecule has 2 N–H and O–H groups in total. The maximum atomic E-state index is 6.50. The monoisotopic (exact) mass is 289 g/mol. The van der Waals surface area contributed by atoms with Crippen molar-refractivity contribution in [3.63, 3.8) is 0 Å². The second kappa shape index (κ2) is 6.86. The molecule has 3 rings (SSSR count). The highest BCUT2D eigenvalue weighted by Crippen LogP contribution is 2.35. The molecule has 1 aromatic heterocycles. The quantitative estimate of drug-likeness (QED) is 0.925. The lowest BCUT2D eigenvalue weighted by Gasteiger charge is -2.48. The third kappa shape index (κ3) is 3.12. The summed E-state index contributed by atoms with van der Waals surface area (Å²) in [6.45, 7) is 4.00. The SMILES string of the molecule is CCC(N)C(c1ccncc1)N1CCOC2CCCCC21. The van der Waals surface area contributed by atoms with Gasteiger partial charge in [0.05, 0.1) is 18.8 Å². The average molecular weight is 289 g/mol. The normalized spacial score (nSPS) is 29.6. The van der Waals surface area contributed by atoms with E-state index in [1.165, 1.54) is 31.2 Å². The lowest BCUT2D eigenvalue weighted by atomic mass is 9.86. The number of ether oxygens (including phenoxy) is 1. The van der Waals surface area contributed by atoms with E-state index in [0.29, 0.717) is 12.1 Å². The first-order valence-corrected chi connectivity index (χ1v) is 8.34. The van der Waals surface area contributed by atoms with Gasteiger partial charge >= 0.3 is 0 Å². The molecule has 0 aromatic carbocycles. The maximum absolute atomic E-state index is 6.50. The van der Waals surface area contributed by atoms with Crippen LogP contribution in [0.3, 0.4) is 0 Å². The van der Waals surface area contributed by atoms with Crippen LogP contribution < -0.4 is 5.73 Å². The molecule has 4 nitrogen and oxygen atoms in total. The summed E-state index contributed by atoms with van der Waals surface area (Å²) in [4.78, 5) is 6.78. The number of aromatic nitrogens is 1. The molecule has 0 bridgehead atoms. The molecule has 1 aliphatic carbocycles. The molecule has 0 spiro atoms. The summed E-state index contributed by atoms with van der Waals surface area (Å²) < 4.78 is 6.02. The third-order valence-corrected chi connectivity index (χ3v) is 5.06. The average Bonchev–Trinajstić information content (AvgIpc) is 2.56. The Morgan fingerprint density at radius 1 is 1.33 bits per heavy atom. The zero-order chi connectivity index (χ0) is 14.7. The highest BCUT2D eigenvalue weighted by molar-refractivity contribution is 5.18. The first kappa shape index (κ1) is 14.9. The van der Waals surface area contributed by atoms with Crippen LogP contribution in [0.15, 0.2) is 24.5 Å². The van der Waals surface area contributed by atoms with Crippen molar-refractivity contribution in [3.8, 4) is 0 Å². The number of fused-ring (bicyclic) bond motifs is 1. The Bertz CT molecular complexity index is 437. The van der Waals surface area contributed by atoms with Crippen LogP contribution in [0, 0.1) is 0 Å². The van der Waals surface area contributed by atoms with Gasteiger partial charge in [0, 0.05) is 31.0 Å². The molecule has 2 heterocycles. The molecular formula is C17H27N3O. The van der Waals surface area contributed by atoms with Crippen LogP contribution in [0.25, 0.3) is 0 Å². The molecule has 1 saturated carbocycles. The van der Waals surface area contributed by atoms with E-state index < -0.39 is 0 Å².